The van der Waals surface area contributed by atoms with Crippen molar-refractivity contribution in [3.8, 4) is 0 Å². The fraction of sp³-hybridized carbons (Fsp3) is 0.444. The number of rotatable bonds is 4. The van der Waals surface area contributed by atoms with E-state index in [0.717, 1.165) is 30.9 Å². The average molecular weight is 330 g/mol. The third-order valence-electron chi connectivity index (χ3n) is 4.10. The Bertz CT molecular complexity index is 653. The third-order valence-corrected chi connectivity index (χ3v) is 4.10. The van der Waals surface area contributed by atoms with Crippen LogP contribution in [0, 0.1) is 0 Å². The predicted molar refractivity (Wildman–Crippen MR) is 88.9 cm³/mol. The molecule has 0 bridgehead atoms. The van der Waals surface area contributed by atoms with Crippen LogP contribution in [0.5, 0.6) is 0 Å². The molecule has 0 unspecified atom stereocenters. The number of ether oxygens (including phenoxy) is 2. The number of anilines is 1. The first-order valence-electron chi connectivity index (χ1n) is 8.18. The van der Waals surface area contributed by atoms with E-state index in [-0.39, 0.29) is 5.57 Å². The first-order valence-corrected chi connectivity index (χ1v) is 8.18. The van der Waals surface area contributed by atoms with Crippen LogP contribution in [-0.4, -0.2) is 35.7 Å². The fourth-order valence-corrected chi connectivity index (χ4v) is 2.91. The zero-order valence-corrected chi connectivity index (χ0v) is 14.0. The Balaban J connectivity index is 1.74. The lowest BCUT2D eigenvalue weighted by molar-refractivity contribution is -0.222. The number of esters is 2. The number of para-hydroxylation sites is 1. The minimum absolute atomic E-state index is 0.134. The van der Waals surface area contributed by atoms with E-state index in [1.807, 2.05) is 24.3 Å². The van der Waals surface area contributed by atoms with E-state index in [4.69, 9.17) is 9.47 Å². The van der Waals surface area contributed by atoms with Crippen LogP contribution in [-0.2, 0) is 25.6 Å². The second-order valence-corrected chi connectivity index (χ2v) is 6.52. The highest BCUT2D eigenvalue weighted by atomic mass is 16.7. The van der Waals surface area contributed by atoms with Crippen molar-refractivity contribution in [1.29, 1.82) is 0 Å². The number of benzene rings is 1. The van der Waals surface area contributed by atoms with Crippen molar-refractivity contribution >= 4 is 17.6 Å². The van der Waals surface area contributed by atoms with Gasteiger partial charge in [-0.3, -0.25) is 4.90 Å². The molecule has 2 aliphatic rings. The van der Waals surface area contributed by atoms with E-state index in [9.17, 15) is 9.59 Å². The summed E-state index contributed by atoms with van der Waals surface area (Å²) in [6.07, 6.45) is 3.82. The molecule has 2 saturated heterocycles. The van der Waals surface area contributed by atoms with Crippen molar-refractivity contribution < 1.29 is 19.1 Å². The second kappa shape index (κ2) is 6.65. The van der Waals surface area contributed by atoms with Crippen LogP contribution in [0.3, 0.4) is 0 Å². The van der Waals surface area contributed by atoms with Gasteiger partial charge in [-0.05, 0) is 37.6 Å². The van der Waals surface area contributed by atoms with Crippen LogP contribution >= 0.6 is 0 Å². The summed E-state index contributed by atoms with van der Waals surface area (Å²) in [5, 5.41) is 3.05. The molecule has 0 atom stereocenters. The number of nitrogens with zero attached hydrogens (tertiary/aromatic N) is 1. The first-order chi connectivity index (χ1) is 11.4. The second-order valence-electron chi connectivity index (χ2n) is 6.52. The van der Waals surface area contributed by atoms with E-state index in [1.54, 1.807) is 0 Å². The number of carbonyl (C=O) groups is 2. The maximum absolute atomic E-state index is 12.0. The molecule has 2 aliphatic heterocycles. The Hall–Kier alpha value is -2.34. The van der Waals surface area contributed by atoms with Crippen LogP contribution in [0.2, 0.25) is 0 Å². The molecular formula is C18H22N2O4. The van der Waals surface area contributed by atoms with Gasteiger partial charge in [0.1, 0.15) is 0 Å². The minimum Gasteiger partial charge on any atom is -0.419 e. The molecule has 0 aliphatic carbocycles. The molecule has 0 amide bonds. The van der Waals surface area contributed by atoms with E-state index in [2.05, 4.69) is 10.2 Å². The number of hydrogen-bond donors (Lipinski definition) is 1. The number of carbonyl (C=O) groups excluding carboxylic acids is 2. The first kappa shape index (κ1) is 16.5. The van der Waals surface area contributed by atoms with Crippen molar-refractivity contribution in [1.82, 2.24) is 4.90 Å². The molecule has 1 aromatic carbocycles. The van der Waals surface area contributed by atoms with Crippen molar-refractivity contribution in [3.63, 3.8) is 0 Å². The van der Waals surface area contributed by atoms with Crippen LogP contribution in [0.4, 0.5) is 5.69 Å². The van der Waals surface area contributed by atoms with Crippen molar-refractivity contribution in [2.75, 3.05) is 18.4 Å². The predicted octanol–water partition coefficient (Wildman–Crippen LogP) is 2.41. The van der Waals surface area contributed by atoms with E-state index in [1.165, 1.54) is 32.9 Å². The van der Waals surface area contributed by atoms with Crippen molar-refractivity contribution in [2.24, 2.45) is 0 Å². The van der Waals surface area contributed by atoms with Gasteiger partial charge in [-0.1, -0.05) is 18.2 Å². The lowest BCUT2D eigenvalue weighted by Gasteiger charge is -2.29. The Kier molecular flexibility index (Phi) is 4.57. The molecule has 0 radical (unpaired) electrons. The lowest BCUT2D eigenvalue weighted by atomic mass is 10.1. The SMILES string of the molecule is CC1(C)OC(=O)C(=CNc2ccccc2CN2CCCC2)C(=O)O1. The molecule has 2 heterocycles. The number of likely N-dealkylation sites (tertiary alicyclic amines) is 1. The summed E-state index contributed by atoms with van der Waals surface area (Å²) in [5.41, 5.74) is 1.85. The van der Waals surface area contributed by atoms with Gasteiger partial charge >= 0.3 is 11.9 Å². The van der Waals surface area contributed by atoms with Crippen LogP contribution in [0.1, 0.15) is 32.3 Å². The molecule has 0 saturated carbocycles. The quantitative estimate of drug-likeness (QED) is 0.519. The Labute approximate surface area is 141 Å². The lowest BCUT2D eigenvalue weighted by Crippen LogP contribution is -2.42. The van der Waals surface area contributed by atoms with Gasteiger partial charge in [0.2, 0.25) is 0 Å². The van der Waals surface area contributed by atoms with Gasteiger partial charge in [0.05, 0.1) is 0 Å². The monoisotopic (exact) mass is 330 g/mol. The summed E-state index contributed by atoms with van der Waals surface area (Å²) >= 11 is 0. The summed E-state index contributed by atoms with van der Waals surface area (Å²) in [5.74, 6) is -2.58. The normalized spacial score (nSPS) is 20.5. The van der Waals surface area contributed by atoms with Crippen molar-refractivity contribution in [3.05, 3.63) is 41.6 Å². The zero-order chi connectivity index (χ0) is 17.2. The molecule has 6 nitrogen and oxygen atoms in total. The number of cyclic esters (lactones) is 2. The summed E-state index contributed by atoms with van der Waals surface area (Å²) in [7, 11) is 0. The van der Waals surface area contributed by atoms with E-state index < -0.39 is 17.7 Å². The molecule has 0 aromatic heterocycles. The maximum atomic E-state index is 12.0. The molecule has 2 fully saturated rings. The van der Waals surface area contributed by atoms with E-state index >= 15 is 0 Å². The van der Waals surface area contributed by atoms with Gasteiger partial charge in [-0.2, -0.15) is 0 Å². The van der Waals surface area contributed by atoms with Crippen LogP contribution < -0.4 is 5.32 Å². The largest absolute Gasteiger partial charge is 0.419 e. The zero-order valence-electron chi connectivity index (χ0n) is 14.0. The van der Waals surface area contributed by atoms with Gasteiger partial charge in [0.15, 0.2) is 5.57 Å². The molecule has 24 heavy (non-hydrogen) atoms. The molecule has 1 N–H and O–H groups in total. The van der Waals surface area contributed by atoms with Gasteiger partial charge < -0.3 is 14.8 Å². The minimum atomic E-state index is -1.22. The topological polar surface area (TPSA) is 67.9 Å². The van der Waals surface area contributed by atoms with E-state index in [0.29, 0.717) is 0 Å². The molecule has 3 rings (SSSR count). The highest BCUT2D eigenvalue weighted by molar-refractivity contribution is 6.15. The standard InChI is InChI=1S/C18H22N2O4/c1-18(2)23-16(21)14(17(22)24-18)11-19-15-8-4-3-7-13(15)12-20-9-5-6-10-20/h3-4,7-8,11,19H,5-6,9-10,12H2,1-2H3. The molecule has 128 valence electrons. The highest BCUT2D eigenvalue weighted by Gasteiger charge is 2.38. The van der Waals surface area contributed by atoms with Gasteiger partial charge in [0.25, 0.3) is 5.79 Å². The highest BCUT2D eigenvalue weighted by Crippen LogP contribution is 2.24. The van der Waals surface area contributed by atoms with Crippen LogP contribution in [0.25, 0.3) is 0 Å². The van der Waals surface area contributed by atoms with Crippen molar-refractivity contribution in [2.45, 2.75) is 39.0 Å². The summed E-state index contributed by atoms with van der Waals surface area (Å²) in [6.45, 7) is 6.09. The molecule has 1 aromatic rings. The molecule has 0 spiro atoms. The number of nitrogens with one attached hydrogen (secondary N) is 1. The summed E-state index contributed by atoms with van der Waals surface area (Å²) in [4.78, 5) is 26.3. The third kappa shape index (κ3) is 3.76. The fourth-order valence-electron chi connectivity index (χ4n) is 2.91. The Morgan fingerprint density at radius 1 is 1.12 bits per heavy atom. The summed E-state index contributed by atoms with van der Waals surface area (Å²) < 4.78 is 10.2. The smallest absolute Gasteiger partial charge is 0.350 e. The Morgan fingerprint density at radius 2 is 1.75 bits per heavy atom. The average Bonchev–Trinajstić information content (AvgIpc) is 3.00. The number of hydrogen-bond acceptors (Lipinski definition) is 6. The van der Waals surface area contributed by atoms with Gasteiger partial charge in [-0.15, -0.1) is 0 Å². The Morgan fingerprint density at radius 3 is 2.42 bits per heavy atom. The van der Waals surface area contributed by atoms with Gasteiger partial charge in [0, 0.05) is 32.3 Å². The van der Waals surface area contributed by atoms with Crippen LogP contribution in [0.15, 0.2) is 36.0 Å². The summed E-state index contributed by atoms with van der Waals surface area (Å²) in [6, 6.07) is 7.86. The van der Waals surface area contributed by atoms with Gasteiger partial charge in [-0.25, -0.2) is 9.59 Å². The molecular weight excluding hydrogens is 308 g/mol. The molecule has 6 heteroatoms. The maximum Gasteiger partial charge on any atom is 0.350 e.